The molecule has 21 heavy (non-hydrogen) atoms. The second kappa shape index (κ2) is 5.76. The van der Waals surface area contributed by atoms with Crippen LogP contribution < -0.4 is 0 Å². The van der Waals surface area contributed by atoms with E-state index in [-0.39, 0.29) is 10.3 Å². The lowest BCUT2D eigenvalue weighted by molar-refractivity contribution is 1.08. The van der Waals surface area contributed by atoms with Gasteiger partial charge in [0.25, 0.3) is 0 Å². The third kappa shape index (κ3) is 2.86. The summed E-state index contributed by atoms with van der Waals surface area (Å²) in [6, 6.07) is 9.55. The summed E-state index contributed by atoms with van der Waals surface area (Å²) < 4.78 is 0. The van der Waals surface area contributed by atoms with Gasteiger partial charge < -0.3 is 0 Å². The summed E-state index contributed by atoms with van der Waals surface area (Å²) in [6.45, 7) is 2.00. The maximum atomic E-state index is 6.28. The number of aryl methyl sites for hydroxylation is 1. The zero-order valence-corrected chi connectivity index (χ0v) is 12.6. The van der Waals surface area contributed by atoms with Gasteiger partial charge in [-0.1, -0.05) is 53.0 Å². The standard InChI is InChI=1S/C15H10Cl2N4/c1-9-4-2-5-10(8-9)11-12(16)20-15(21-13(11)17)14-18-6-3-7-19-14/h2-8H,1H3. The van der Waals surface area contributed by atoms with Gasteiger partial charge in [-0.25, -0.2) is 19.9 Å². The van der Waals surface area contributed by atoms with Crippen LogP contribution in [-0.4, -0.2) is 19.9 Å². The van der Waals surface area contributed by atoms with Gasteiger partial charge in [-0.15, -0.1) is 0 Å². The number of aromatic nitrogens is 4. The predicted molar refractivity (Wildman–Crippen MR) is 83.3 cm³/mol. The van der Waals surface area contributed by atoms with Crippen molar-refractivity contribution in [2.75, 3.05) is 0 Å². The summed E-state index contributed by atoms with van der Waals surface area (Å²) in [4.78, 5) is 16.7. The molecule has 0 saturated carbocycles. The summed E-state index contributed by atoms with van der Waals surface area (Å²) in [5, 5.41) is 0.561. The number of hydrogen-bond acceptors (Lipinski definition) is 4. The van der Waals surface area contributed by atoms with E-state index < -0.39 is 0 Å². The second-order valence-electron chi connectivity index (χ2n) is 4.45. The first-order valence-electron chi connectivity index (χ1n) is 6.22. The molecule has 0 bridgehead atoms. The molecule has 104 valence electrons. The molecule has 3 aromatic rings. The zero-order chi connectivity index (χ0) is 14.8. The first-order chi connectivity index (χ1) is 10.1. The van der Waals surface area contributed by atoms with Gasteiger partial charge in [0.05, 0.1) is 5.56 Å². The lowest BCUT2D eigenvalue weighted by atomic mass is 10.1. The van der Waals surface area contributed by atoms with E-state index in [1.165, 1.54) is 0 Å². The molecule has 0 atom stereocenters. The van der Waals surface area contributed by atoms with Gasteiger partial charge in [0.15, 0.2) is 5.82 Å². The fourth-order valence-corrected chi connectivity index (χ4v) is 2.57. The number of halogens is 2. The Kier molecular flexibility index (Phi) is 3.82. The molecule has 0 amide bonds. The SMILES string of the molecule is Cc1cccc(-c2c(Cl)nc(-c3ncccn3)nc2Cl)c1. The number of rotatable bonds is 2. The van der Waals surface area contributed by atoms with Gasteiger partial charge in [-0.2, -0.15) is 0 Å². The fraction of sp³-hybridized carbons (Fsp3) is 0.0667. The molecule has 0 radical (unpaired) electrons. The summed E-state index contributed by atoms with van der Waals surface area (Å²) in [6.07, 6.45) is 3.23. The maximum Gasteiger partial charge on any atom is 0.200 e. The number of nitrogens with zero attached hydrogens (tertiary/aromatic N) is 4. The minimum atomic E-state index is 0.281. The van der Waals surface area contributed by atoms with Crippen molar-refractivity contribution in [1.29, 1.82) is 0 Å². The van der Waals surface area contributed by atoms with E-state index in [1.54, 1.807) is 18.5 Å². The normalized spacial score (nSPS) is 10.6. The molecule has 0 aliphatic carbocycles. The number of hydrogen-bond donors (Lipinski definition) is 0. The van der Waals surface area contributed by atoms with Gasteiger partial charge in [-0.05, 0) is 18.6 Å². The van der Waals surface area contributed by atoms with Crippen molar-refractivity contribution in [3.8, 4) is 22.8 Å². The summed E-state index contributed by atoms with van der Waals surface area (Å²) >= 11 is 12.6. The van der Waals surface area contributed by atoms with Crippen molar-refractivity contribution >= 4 is 23.2 Å². The Morgan fingerprint density at radius 1 is 0.857 bits per heavy atom. The monoisotopic (exact) mass is 316 g/mol. The van der Waals surface area contributed by atoms with Crippen LogP contribution in [-0.2, 0) is 0 Å². The van der Waals surface area contributed by atoms with E-state index in [9.17, 15) is 0 Å². The predicted octanol–water partition coefficient (Wildman–Crippen LogP) is 4.22. The van der Waals surface area contributed by atoms with Crippen LogP contribution in [0.3, 0.4) is 0 Å². The molecule has 0 saturated heterocycles. The van der Waals surface area contributed by atoms with Crippen LogP contribution in [0.2, 0.25) is 10.3 Å². The average molecular weight is 317 g/mol. The molecule has 0 aliphatic rings. The van der Waals surface area contributed by atoms with Crippen LogP contribution in [0.15, 0.2) is 42.7 Å². The molecule has 0 spiro atoms. The molecule has 0 N–H and O–H groups in total. The van der Waals surface area contributed by atoms with Crippen molar-refractivity contribution in [1.82, 2.24) is 19.9 Å². The molecule has 4 nitrogen and oxygen atoms in total. The van der Waals surface area contributed by atoms with Gasteiger partial charge >= 0.3 is 0 Å². The molecule has 0 unspecified atom stereocenters. The van der Waals surface area contributed by atoms with E-state index in [0.717, 1.165) is 11.1 Å². The van der Waals surface area contributed by atoms with Crippen molar-refractivity contribution in [3.63, 3.8) is 0 Å². The topological polar surface area (TPSA) is 51.6 Å². The van der Waals surface area contributed by atoms with Crippen molar-refractivity contribution in [2.24, 2.45) is 0 Å². The Morgan fingerprint density at radius 2 is 1.52 bits per heavy atom. The second-order valence-corrected chi connectivity index (χ2v) is 5.16. The minimum absolute atomic E-state index is 0.281. The van der Waals surface area contributed by atoms with E-state index in [0.29, 0.717) is 17.2 Å². The molecule has 2 heterocycles. The van der Waals surface area contributed by atoms with Crippen LogP contribution in [0, 0.1) is 6.92 Å². The Balaban J connectivity index is 2.13. The lowest BCUT2D eigenvalue weighted by Gasteiger charge is -2.08. The Bertz CT molecular complexity index is 768. The maximum absolute atomic E-state index is 6.28. The highest BCUT2D eigenvalue weighted by Gasteiger charge is 2.15. The highest BCUT2D eigenvalue weighted by molar-refractivity contribution is 6.37. The summed E-state index contributed by atoms with van der Waals surface area (Å²) in [5.41, 5.74) is 2.60. The highest BCUT2D eigenvalue weighted by Crippen LogP contribution is 2.33. The van der Waals surface area contributed by atoms with Crippen LogP contribution in [0.4, 0.5) is 0 Å². The minimum Gasteiger partial charge on any atom is -0.234 e. The molecule has 0 aliphatic heterocycles. The van der Waals surface area contributed by atoms with Gasteiger partial charge in [0.1, 0.15) is 10.3 Å². The summed E-state index contributed by atoms with van der Waals surface area (Å²) in [5.74, 6) is 0.694. The van der Waals surface area contributed by atoms with Crippen molar-refractivity contribution in [2.45, 2.75) is 6.92 Å². The molecular weight excluding hydrogens is 307 g/mol. The Hall–Kier alpha value is -2.04. The molecule has 6 heteroatoms. The third-order valence-corrected chi connectivity index (χ3v) is 3.44. The molecule has 0 fully saturated rings. The average Bonchev–Trinajstić information content (AvgIpc) is 2.47. The molecule has 2 aromatic heterocycles. The third-order valence-electron chi connectivity index (χ3n) is 2.89. The van der Waals surface area contributed by atoms with E-state index >= 15 is 0 Å². The highest BCUT2D eigenvalue weighted by atomic mass is 35.5. The first kappa shape index (κ1) is 13.9. The van der Waals surface area contributed by atoms with Crippen LogP contribution in [0.25, 0.3) is 22.8 Å². The van der Waals surface area contributed by atoms with Crippen molar-refractivity contribution < 1.29 is 0 Å². The first-order valence-corrected chi connectivity index (χ1v) is 6.98. The smallest absolute Gasteiger partial charge is 0.200 e. The zero-order valence-electron chi connectivity index (χ0n) is 11.1. The Morgan fingerprint density at radius 3 is 2.14 bits per heavy atom. The van der Waals surface area contributed by atoms with Gasteiger partial charge in [0.2, 0.25) is 5.82 Å². The van der Waals surface area contributed by atoms with Crippen LogP contribution in [0.5, 0.6) is 0 Å². The molecule has 1 aromatic carbocycles. The van der Waals surface area contributed by atoms with Gasteiger partial charge in [-0.3, -0.25) is 0 Å². The molecule has 3 rings (SSSR count). The van der Waals surface area contributed by atoms with E-state index in [1.807, 2.05) is 31.2 Å². The molecular formula is C15H10Cl2N4. The van der Waals surface area contributed by atoms with E-state index in [2.05, 4.69) is 19.9 Å². The van der Waals surface area contributed by atoms with Crippen molar-refractivity contribution in [3.05, 3.63) is 58.6 Å². The summed E-state index contributed by atoms with van der Waals surface area (Å²) in [7, 11) is 0. The van der Waals surface area contributed by atoms with E-state index in [4.69, 9.17) is 23.2 Å². The lowest BCUT2D eigenvalue weighted by Crippen LogP contribution is -1.97. The Labute approximate surface area is 131 Å². The van der Waals surface area contributed by atoms with Crippen LogP contribution >= 0.6 is 23.2 Å². The van der Waals surface area contributed by atoms with Crippen LogP contribution in [0.1, 0.15) is 5.56 Å². The quantitative estimate of drug-likeness (QED) is 0.664. The fourth-order valence-electron chi connectivity index (χ4n) is 1.96. The van der Waals surface area contributed by atoms with Gasteiger partial charge in [0, 0.05) is 12.4 Å². The number of benzene rings is 1. The largest absolute Gasteiger partial charge is 0.234 e.